The molecule has 12 fully saturated rings. The van der Waals surface area contributed by atoms with Crippen molar-refractivity contribution >= 4 is 48.1 Å². The third-order valence-electron chi connectivity index (χ3n) is 25.1. The van der Waals surface area contributed by atoms with Gasteiger partial charge < -0.3 is 55.0 Å². The van der Waals surface area contributed by atoms with Crippen molar-refractivity contribution in [1.82, 2.24) is 69.2 Å². The number of rotatable bonds is 15. The molecule has 0 unspecified atom stereocenters. The number of amides is 2. The Balaban J connectivity index is 0.000000126. The van der Waals surface area contributed by atoms with E-state index >= 15 is 0 Å². The first kappa shape index (κ1) is 81.7. The van der Waals surface area contributed by atoms with Gasteiger partial charge in [-0.05, 0) is 234 Å². The van der Waals surface area contributed by atoms with Crippen LogP contribution in [0.2, 0.25) is 0 Å². The van der Waals surface area contributed by atoms with E-state index in [1.165, 1.54) is 142 Å². The standard InChI is InChI=1S/C27H32N6O2.C26H29N5O.C22H25NO2.C4H6N4.C4H7N3O.C4H3N3O.ClH/c1-17-31-32-25(35-17)15-29-26(28)30-24(34)16-33-22(21-5-3-2-4-6-21)7-8-23(33)27-12-18-9-19(13-27)11-20(10-18)14-27;27-25(31-10-4-9-28-31)29-24(32)17-30-22(21-5-2-1-3-6-21)7-8-23(30)26-14-18-11-19(15-26)13-20(12-18)16-26;24-21(25)14-23-19(18-4-2-1-3-5-18)6-7-20(23)22-11-15-8-16(12-22)10-17(9-15)13-22;5-4(6)8-3-1-2-7-8;2*1-3-6-7-4(2-5)8-3;/h2-8,18-20H,9-16H2,1H3,(H3,28,29,30,34);1-10,18-20H,11-17H2,(H2,27,29,32);1-7,15-17H,8-14H2,(H,24,25);1-3H,(H3,5,6);2,5H2,1H3;1H3;1H. The van der Waals surface area contributed by atoms with Gasteiger partial charge in [0.15, 0.2) is 12.0 Å². The fourth-order valence-corrected chi connectivity index (χ4v) is 22.1. The second-order valence-corrected chi connectivity index (χ2v) is 33.4. The summed E-state index contributed by atoms with van der Waals surface area (Å²) in [5.74, 6) is 8.81. The highest BCUT2D eigenvalue weighted by Crippen LogP contribution is 2.64. The number of nitrogens with one attached hydrogen (secondary N) is 2. The van der Waals surface area contributed by atoms with Crippen molar-refractivity contribution in [3.8, 4) is 39.8 Å². The number of halogens is 1. The van der Waals surface area contributed by atoms with E-state index < -0.39 is 5.97 Å². The van der Waals surface area contributed by atoms with Crippen molar-refractivity contribution in [2.45, 2.75) is 185 Å². The number of guanidine groups is 1. The number of nitrogens with two attached hydrogens (primary N) is 4. The minimum absolute atomic E-state index is 0. The largest absolute Gasteiger partial charge is 0.480 e. The lowest BCUT2D eigenvalue weighted by molar-refractivity contribution is -0.137. The normalized spacial score (nSPS) is 25.0. The maximum Gasteiger partial charge on any atom is 0.323 e. The quantitative estimate of drug-likeness (QED) is 0.0370. The summed E-state index contributed by atoms with van der Waals surface area (Å²) in [4.78, 5) is 46.2. The number of hydrogen-bond acceptors (Lipinski definition) is 18. The zero-order chi connectivity index (χ0) is 80.7. The zero-order valence-corrected chi connectivity index (χ0v) is 67.1. The number of carboxylic acids is 1. The first-order valence-corrected chi connectivity index (χ1v) is 40.4. The fourth-order valence-electron chi connectivity index (χ4n) is 22.1. The smallest absolute Gasteiger partial charge is 0.323 e. The van der Waals surface area contributed by atoms with Crippen LogP contribution in [0.3, 0.4) is 0 Å². The van der Waals surface area contributed by atoms with E-state index in [2.05, 4.69) is 147 Å². The monoisotopic (exact) mass is 1600 g/mol. The van der Waals surface area contributed by atoms with Crippen LogP contribution in [0.1, 0.15) is 168 Å². The van der Waals surface area contributed by atoms with Gasteiger partial charge in [0.2, 0.25) is 47.3 Å². The average Bonchev–Trinajstić information content (AvgIpc) is 1.72. The predicted molar refractivity (Wildman–Crippen MR) is 441 cm³/mol. The Kier molecular flexibility index (Phi) is 24.9. The lowest BCUT2D eigenvalue weighted by atomic mass is 9.49. The number of aryl methyl sites for hydroxylation is 3. The first-order valence-electron chi connectivity index (χ1n) is 40.4. The highest BCUT2D eigenvalue weighted by Gasteiger charge is 2.56. The van der Waals surface area contributed by atoms with Crippen LogP contribution in [0.15, 0.2) is 188 Å². The van der Waals surface area contributed by atoms with E-state index in [0.717, 1.165) is 87.0 Å². The van der Waals surface area contributed by atoms with E-state index in [4.69, 9.17) is 42.4 Å². The van der Waals surface area contributed by atoms with Crippen molar-refractivity contribution in [2.24, 2.45) is 86.2 Å². The van der Waals surface area contributed by atoms with Gasteiger partial charge in [-0.2, -0.15) is 20.5 Å². The number of benzene rings is 3. The minimum Gasteiger partial charge on any atom is -0.480 e. The summed E-state index contributed by atoms with van der Waals surface area (Å²) in [5, 5.41) is 56.7. The highest BCUT2D eigenvalue weighted by atomic mass is 35.5. The minimum atomic E-state index is -0.751. The average molecular weight is 1600 g/mol. The molecule has 8 aromatic heterocycles. The van der Waals surface area contributed by atoms with Gasteiger partial charge in [0.05, 0.1) is 6.54 Å². The second kappa shape index (κ2) is 35.7. The molecule has 12 saturated carbocycles. The topological polar surface area (TPSA) is 427 Å². The predicted octanol–water partition coefficient (Wildman–Crippen LogP) is 13.0. The van der Waals surface area contributed by atoms with Crippen molar-refractivity contribution in [1.29, 1.82) is 10.7 Å². The number of aliphatic carboxylic acids is 1. The lowest BCUT2D eigenvalue weighted by Crippen LogP contribution is -2.49. The molecule has 12 bridgehead atoms. The molecule has 0 spiro atoms. The Labute approximate surface area is 685 Å². The Morgan fingerprint density at radius 1 is 0.504 bits per heavy atom. The molecule has 11 aromatic rings. The Morgan fingerprint density at radius 2 is 0.872 bits per heavy atom. The molecule has 0 atom stereocenters. The Bertz CT molecular complexity index is 5210. The lowest BCUT2D eigenvalue weighted by Gasteiger charge is -2.57. The van der Waals surface area contributed by atoms with Crippen molar-refractivity contribution in [2.75, 3.05) is 0 Å². The molecule has 12 aliphatic carbocycles. The molecular weight excluding hydrogens is 1500 g/mol. The summed E-state index contributed by atoms with van der Waals surface area (Å²) in [6.07, 6.45) is 30.3. The zero-order valence-electron chi connectivity index (χ0n) is 66.3. The van der Waals surface area contributed by atoms with Crippen molar-refractivity contribution < 1.29 is 32.7 Å². The molecule has 29 nitrogen and oxygen atoms in total. The molecule has 12 aliphatic rings. The molecule has 117 heavy (non-hydrogen) atoms. The molecule has 0 aliphatic heterocycles. The van der Waals surface area contributed by atoms with Gasteiger partial charge in [-0.1, -0.05) is 96.1 Å². The molecule has 3 aromatic carbocycles. The summed E-state index contributed by atoms with van der Waals surface area (Å²) in [6.45, 7) is 5.98. The van der Waals surface area contributed by atoms with Crippen LogP contribution in [0.4, 0.5) is 0 Å². The van der Waals surface area contributed by atoms with Crippen LogP contribution in [0.5, 0.6) is 0 Å². The number of aromatic nitrogens is 13. The van der Waals surface area contributed by atoms with Crippen LogP contribution in [0, 0.1) is 90.8 Å². The molecular formula is C87H103ClN22O7. The molecule has 8 heterocycles. The summed E-state index contributed by atoms with van der Waals surface area (Å²) in [5.41, 5.74) is 33.3. The number of nitrogens with zero attached hydrogens (tertiary/aromatic N) is 16. The van der Waals surface area contributed by atoms with E-state index in [0.29, 0.717) is 36.0 Å². The third kappa shape index (κ3) is 18.8. The van der Waals surface area contributed by atoms with Gasteiger partial charge in [-0.25, -0.2) is 14.4 Å². The van der Waals surface area contributed by atoms with Crippen LogP contribution < -0.4 is 28.3 Å². The van der Waals surface area contributed by atoms with Gasteiger partial charge in [0.25, 0.3) is 5.91 Å². The number of nitriles is 1. The second-order valence-electron chi connectivity index (χ2n) is 33.4. The van der Waals surface area contributed by atoms with E-state index in [1.807, 2.05) is 54.6 Å². The van der Waals surface area contributed by atoms with Gasteiger partial charge in [0.1, 0.15) is 26.2 Å². The van der Waals surface area contributed by atoms with Crippen LogP contribution >= 0.6 is 12.4 Å². The fraction of sp³-hybridized carbons (Fsp3) is 0.437. The summed E-state index contributed by atoms with van der Waals surface area (Å²) in [6, 6.07) is 49.4. The van der Waals surface area contributed by atoms with Crippen LogP contribution in [-0.2, 0) is 63.4 Å². The highest BCUT2D eigenvalue weighted by molar-refractivity contribution is 5.96. The number of carbonyl (C=O) groups is 3. The maximum absolute atomic E-state index is 13.2. The Hall–Kier alpha value is -11.9. The number of carbonyl (C=O) groups excluding carboxylic acids is 2. The van der Waals surface area contributed by atoms with Crippen molar-refractivity contribution in [3.63, 3.8) is 0 Å². The first-order chi connectivity index (χ1) is 56.1. The van der Waals surface area contributed by atoms with E-state index in [1.54, 1.807) is 63.8 Å². The van der Waals surface area contributed by atoms with E-state index in [-0.39, 0.29) is 90.4 Å². The van der Waals surface area contributed by atoms with Crippen molar-refractivity contribution in [3.05, 3.63) is 217 Å². The number of hydrogen-bond donors (Lipinski definition) is 7. The maximum atomic E-state index is 13.2. The summed E-state index contributed by atoms with van der Waals surface area (Å²) >= 11 is 0. The van der Waals surface area contributed by atoms with Gasteiger partial charge >= 0.3 is 11.9 Å². The molecule has 30 heteroatoms. The molecule has 11 N–H and O–H groups in total. The SMILES string of the molecule is Cc1nnc(C#N)o1.Cc1nnc(CN)o1.Cc1nnc(CN=C(N)NC(=O)Cn2c(-c3ccccc3)ccc2C23CC4CC(CC(C4)C2)C3)o1.Cl.N=C(N)n1cccn1.NC(=NC(=O)Cn1c(-c2ccccc2)ccc1C12CC3CC(CC(C3)C1)C2)n1cccn1.O=C(O)Cn1c(-c2ccccc2)ccc1C12CC3CC(CC(C3)C1)C2. The molecule has 23 rings (SSSR count). The van der Waals surface area contributed by atoms with E-state index in [9.17, 15) is 19.5 Å². The van der Waals surface area contributed by atoms with Gasteiger partial charge in [-0.15, -0.1) is 37.9 Å². The molecule has 610 valence electrons. The Morgan fingerprint density at radius 3 is 1.18 bits per heavy atom. The summed E-state index contributed by atoms with van der Waals surface area (Å²) in [7, 11) is 0. The van der Waals surface area contributed by atoms with Gasteiger partial charge in [0, 0.05) is 96.0 Å². The summed E-state index contributed by atoms with van der Waals surface area (Å²) < 4.78 is 24.1. The number of carboxylic acid groups (broad SMARTS) is 1. The molecule has 0 radical (unpaired) electrons. The number of nitrogen functional groups attached to an aromatic ring is 1. The molecule has 0 saturated heterocycles. The number of aliphatic imine (C=N–C) groups is 2. The van der Waals surface area contributed by atoms with Gasteiger partial charge in [-0.3, -0.25) is 25.1 Å². The van der Waals surface area contributed by atoms with Crippen LogP contribution in [0.25, 0.3) is 33.8 Å². The van der Waals surface area contributed by atoms with Crippen LogP contribution in [-0.4, -0.2) is 105 Å². The third-order valence-corrected chi connectivity index (χ3v) is 25.1. The molecule has 2 amide bonds.